The largest absolute Gasteiger partial charge is 0.464 e. The highest BCUT2D eigenvalue weighted by molar-refractivity contribution is 5.86. The molecule has 0 radical (unpaired) electrons. The molecule has 0 aliphatic carbocycles. The van der Waals surface area contributed by atoms with Gasteiger partial charge in [-0.3, -0.25) is 9.78 Å². The zero-order chi connectivity index (χ0) is 14.4. The summed E-state index contributed by atoms with van der Waals surface area (Å²) >= 11 is 0. The molecule has 6 heteroatoms. The number of nitrogens with zero attached hydrogens (tertiary/aromatic N) is 2. The third-order valence-electron chi connectivity index (χ3n) is 3.18. The molecule has 0 saturated carbocycles. The average Bonchev–Trinajstić information content (AvgIpc) is 2.48. The molecule has 1 aromatic rings. The van der Waals surface area contributed by atoms with Gasteiger partial charge in [0.2, 0.25) is 5.91 Å². The molecule has 1 unspecified atom stereocenters. The van der Waals surface area contributed by atoms with E-state index in [0.29, 0.717) is 31.9 Å². The minimum atomic E-state index is -0.542. The van der Waals surface area contributed by atoms with Crippen LogP contribution < -0.4 is 5.32 Å². The molecule has 1 aliphatic rings. The molecule has 108 valence electrons. The Bertz CT molecular complexity index is 464. The molecular weight excluding hydrogens is 258 g/mol. The van der Waals surface area contributed by atoms with Crippen molar-refractivity contribution >= 4 is 11.9 Å². The number of aromatic nitrogens is 1. The number of amides is 1. The summed E-state index contributed by atoms with van der Waals surface area (Å²) in [5, 5.41) is 3.11. The highest BCUT2D eigenvalue weighted by Gasteiger charge is 2.32. The van der Waals surface area contributed by atoms with Crippen LogP contribution in [0.15, 0.2) is 24.4 Å². The Morgan fingerprint density at radius 3 is 3.05 bits per heavy atom. The second kappa shape index (κ2) is 7.00. The number of pyridine rings is 1. The number of piperazine rings is 1. The van der Waals surface area contributed by atoms with Crippen LogP contribution in [-0.2, 0) is 20.7 Å². The van der Waals surface area contributed by atoms with E-state index in [0.717, 1.165) is 0 Å². The second-order valence-corrected chi connectivity index (χ2v) is 4.56. The van der Waals surface area contributed by atoms with Crippen molar-refractivity contribution in [1.29, 1.82) is 0 Å². The summed E-state index contributed by atoms with van der Waals surface area (Å²) in [6.07, 6.45) is 1.86. The van der Waals surface area contributed by atoms with E-state index in [-0.39, 0.29) is 18.3 Å². The predicted molar refractivity (Wildman–Crippen MR) is 72.9 cm³/mol. The van der Waals surface area contributed by atoms with Crippen LogP contribution in [0.1, 0.15) is 12.6 Å². The lowest BCUT2D eigenvalue weighted by Gasteiger charge is -2.34. The molecule has 0 spiro atoms. The molecule has 1 aromatic heterocycles. The van der Waals surface area contributed by atoms with Crippen LogP contribution in [0.4, 0.5) is 0 Å². The summed E-state index contributed by atoms with van der Waals surface area (Å²) in [6.45, 7) is 3.71. The molecule has 0 bridgehead atoms. The molecule has 1 N–H and O–H groups in total. The number of hydrogen-bond donors (Lipinski definition) is 1. The standard InChI is InChI=1S/C14H19N3O3/c1-2-20-14(19)12-10-15-7-8-17(12)13(18)9-11-5-3-4-6-16-11/h3-6,12,15H,2,7-10H2,1H3. The van der Waals surface area contributed by atoms with Crippen molar-refractivity contribution in [1.82, 2.24) is 15.2 Å². The van der Waals surface area contributed by atoms with E-state index in [9.17, 15) is 9.59 Å². The van der Waals surface area contributed by atoms with E-state index >= 15 is 0 Å². The Labute approximate surface area is 118 Å². The Balaban J connectivity index is 2.03. The molecule has 20 heavy (non-hydrogen) atoms. The minimum Gasteiger partial charge on any atom is -0.464 e. The Kier molecular flexibility index (Phi) is 5.06. The predicted octanol–water partition coefficient (Wildman–Crippen LogP) is -0.0124. The Morgan fingerprint density at radius 2 is 2.35 bits per heavy atom. The van der Waals surface area contributed by atoms with E-state index in [4.69, 9.17) is 4.74 Å². The van der Waals surface area contributed by atoms with Crippen LogP contribution >= 0.6 is 0 Å². The first kappa shape index (κ1) is 14.5. The van der Waals surface area contributed by atoms with Gasteiger partial charge in [-0.2, -0.15) is 0 Å². The van der Waals surface area contributed by atoms with Crippen LogP contribution in [0.5, 0.6) is 0 Å². The third-order valence-corrected chi connectivity index (χ3v) is 3.18. The summed E-state index contributed by atoms with van der Waals surface area (Å²) in [4.78, 5) is 30.0. The van der Waals surface area contributed by atoms with Crippen LogP contribution in [0, 0.1) is 0 Å². The van der Waals surface area contributed by atoms with Crippen LogP contribution in [0.2, 0.25) is 0 Å². The summed E-state index contributed by atoms with van der Waals surface area (Å²) in [6, 6.07) is 4.91. The number of esters is 1. The second-order valence-electron chi connectivity index (χ2n) is 4.56. The van der Waals surface area contributed by atoms with Crippen molar-refractivity contribution in [2.75, 3.05) is 26.2 Å². The normalized spacial score (nSPS) is 18.6. The molecule has 2 rings (SSSR count). The number of carbonyl (C=O) groups excluding carboxylic acids is 2. The molecule has 1 aliphatic heterocycles. The van der Waals surface area contributed by atoms with Crippen LogP contribution in [0.3, 0.4) is 0 Å². The maximum atomic E-state index is 12.3. The smallest absolute Gasteiger partial charge is 0.330 e. The quantitative estimate of drug-likeness (QED) is 0.784. The summed E-state index contributed by atoms with van der Waals surface area (Å²) in [5.74, 6) is -0.447. The molecule has 2 heterocycles. The molecular formula is C14H19N3O3. The first-order valence-electron chi connectivity index (χ1n) is 6.79. The zero-order valence-electron chi connectivity index (χ0n) is 11.5. The van der Waals surface area contributed by atoms with Crippen molar-refractivity contribution in [2.45, 2.75) is 19.4 Å². The van der Waals surface area contributed by atoms with Gasteiger partial charge in [0.1, 0.15) is 6.04 Å². The third kappa shape index (κ3) is 3.54. The fourth-order valence-electron chi connectivity index (χ4n) is 2.21. The monoisotopic (exact) mass is 277 g/mol. The highest BCUT2D eigenvalue weighted by atomic mass is 16.5. The topological polar surface area (TPSA) is 71.5 Å². The fourth-order valence-corrected chi connectivity index (χ4v) is 2.21. The van der Waals surface area contributed by atoms with E-state index in [1.165, 1.54) is 0 Å². The number of carbonyl (C=O) groups is 2. The molecule has 6 nitrogen and oxygen atoms in total. The maximum Gasteiger partial charge on any atom is 0.330 e. The van der Waals surface area contributed by atoms with E-state index < -0.39 is 6.04 Å². The molecule has 1 amide bonds. The minimum absolute atomic E-state index is 0.0942. The van der Waals surface area contributed by atoms with Gasteiger partial charge in [0.05, 0.1) is 13.0 Å². The van der Waals surface area contributed by atoms with Gasteiger partial charge in [-0.05, 0) is 19.1 Å². The van der Waals surface area contributed by atoms with Gasteiger partial charge in [0.15, 0.2) is 0 Å². The Morgan fingerprint density at radius 1 is 1.50 bits per heavy atom. The van der Waals surface area contributed by atoms with E-state index in [2.05, 4.69) is 10.3 Å². The summed E-state index contributed by atoms with van der Waals surface area (Å²) in [7, 11) is 0. The van der Waals surface area contributed by atoms with Gasteiger partial charge >= 0.3 is 5.97 Å². The lowest BCUT2D eigenvalue weighted by molar-refractivity contribution is -0.155. The van der Waals surface area contributed by atoms with Crippen molar-refractivity contribution in [3.63, 3.8) is 0 Å². The van der Waals surface area contributed by atoms with Gasteiger partial charge in [-0.25, -0.2) is 4.79 Å². The van der Waals surface area contributed by atoms with Gasteiger partial charge in [-0.1, -0.05) is 6.07 Å². The van der Waals surface area contributed by atoms with Crippen molar-refractivity contribution in [3.8, 4) is 0 Å². The van der Waals surface area contributed by atoms with Crippen LogP contribution in [0.25, 0.3) is 0 Å². The summed E-state index contributed by atoms with van der Waals surface area (Å²) in [5.41, 5.74) is 0.707. The molecule has 0 aromatic carbocycles. The van der Waals surface area contributed by atoms with E-state index in [1.54, 1.807) is 30.2 Å². The lowest BCUT2D eigenvalue weighted by atomic mass is 10.1. The van der Waals surface area contributed by atoms with Gasteiger partial charge in [0, 0.05) is 31.5 Å². The highest BCUT2D eigenvalue weighted by Crippen LogP contribution is 2.09. The van der Waals surface area contributed by atoms with Gasteiger partial charge in [0.25, 0.3) is 0 Å². The van der Waals surface area contributed by atoms with Crippen molar-refractivity contribution < 1.29 is 14.3 Å². The maximum absolute atomic E-state index is 12.3. The van der Waals surface area contributed by atoms with Crippen LogP contribution in [-0.4, -0.2) is 54.0 Å². The average molecular weight is 277 g/mol. The number of ether oxygens (including phenoxy) is 1. The van der Waals surface area contributed by atoms with E-state index in [1.807, 2.05) is 6.07 Å². The zero-order valence-corrected chi connectivity index (χ0v) is 11.5. The Hall–Kier alpha value is -1.95. The van der Waals surface area contributed by atoms with Gasteiger partial charge in [-0.15, -0.1) is 0 Å². The number of nitrogens with one attached hydrogen (secondary N) is 1. The first-order chi connectivity index (χ1) is 9.72. The van der Waals surface area contributed by atoms with Crippen molar-refractivity contribution in [2.24, 2.45) is 0 Å². The number of hydrogen-bond acceptors (Lipinski definition) is 5. The SMILES string of the molecule is CCOC(=O)C1CNCCN1C(=O)Cc1ccccn1. The fraction of sp³-hybridized carbons (Fsp3) is 0.500. The van der Waals surface area contributed by atoms with Gasteiger partial charge < -0.3 is 15.0 Å². The molecule has 1 atom stereocenters. The molecule has 1 fully saturated rings. The molecule has 1 saturated heterocycles. The lowest BCUT2D eigenvalue weighted by Crippen LogP contribution is -2.57. The van der Waals surface area contributed by atoms with Crippen molar-refractivity contribution in [3.05, 3.63) is 30.1 Å². The first-order valence-corrected chi connectivity index (χ1v) is 6.79. The summed E-state index contributed by atoms with van der Waals surface area (Å²) < 4.78 is 5.02. The number of rotatable bonds is 4.